The Morgan fingerprint density at radius 3 is 2.55 bits per heavy atom. The van der Waals surface area contributed by atoms with E-state index < -0.39 is 0 Å². The highest BCUT2D eigenvalue weighted by molar-refractivity contribution is 6.30. The van der Waals surface area contributed by atoms with E-state index in [1.54, 1.807) is 24.3 Å². The average molecular weight is 482 g/mol. The first-order valence-electron chi connectivity index (χ1n) is 10.8. The summed E-state index contributed by atoms with van der Waals surface area (Å²) in [5.74, 6) is 0.546. The van der Waals surface area contributed by atoms with E-state index in [4.69, 9.17) is 16.0 Å². The summed E-state index contributed by atoms with van der Waals surface area (Å²) in [4.78, 5) is 15.2. The van der Waals surface area contributed by atoms with Crippen LogP contribution in [0, 0.1) is 0 Å². The highest BCUT2D eigenvalue weighted by atomic mass is 35.5. The van der Waals surface area contributed by atoms with Gasteiger partial charge in [-0.3, -0.25) is 9.69 Å². The van der Waals surface area contributed by atoms with Crippen LogP contribution in [-0.2, 0) is 6.54 Å². The van der Waals surface area contributed by atoms with E-state index in [1.165, 1.54) is 5.56 Å². The monoisotopic (exact) mass is 481 g/mol. The molecular formula is C26H25Cl2N3O2. The molecular weight excluding hydrogens is 457 g/mol. The highest BCUT2D eigenvalue weighted by Crippen LogP contribution is 2.34. The van der Waals surface area contributed by atoms with Crippen LogP contribution in [0.25, 0.3) is 22.3 Å². The molecule has 0 spiro atoms. The van der Waals surface area contributed by atoms with Crippen molar-refractivity contribution in [2.45, 2.75) is 6.54 Å². The summed E-state index contributed by atoms with van der Waals surface area (Å²) in [7, 11) is 0. The van der Waals surface area contributed by atoms with E-state index in [-0.39, 0.29) is 18.3 Å². The molecule has 0 unspecified atom stereocenters. The molecule has 1 saturated heterocycles. The molecule has 1 aliphatic heterocycles. The second kappa shape index (κ2) is 10.4. The summed E-state index contributed by atoms with van der Waals surface area (Å²) in [5.41, 5.74) is 4.20. The molecule has 5 rings (SSSR count). The van der Waals surface area contributed by atoms with Gasteiger partial charge in [0.25, 0.3) is 5.91 Å². The number of rotatable bonds is 5. The van der Waals surface area contributed by atoms with Crippen molar-refractivity contribution in [3.8, 4) is 11.3 Å². The van der Waals surface area contributed by atoms with Crippen LogP contribution in [0.3, 0.4) is 0 Å². The zero-order valence-corrected chi connectivity index (χ0v) is 19.6. The van der Waals surface area contributed by atoms with Crippen LogP contribution in [0.2, 0.25) is 5.02 Å². The summed E-state index contributed by atoms with van der Waals surface area (Å²) in [6.07, 6.45) is 0. The van der Waals surface area contributed by atoms with Gasteiger partial charge >= 0.3 is 0 Å². The largest absolute Gasteiger partial charge is 0.456 e. The van der Waals surface area contributed by atoms with Gasteiger partial charge in [0.15, 0.2) is 0 Å². The van der Waals surface area contributed by atoms with Crippen molar-refractivity contribution in [2.75, 3.05) is 31.5 Å². The van der Waals surface area contributed by atoms with Gasteiger partial charge in [-0.25, -0.2) is 0 Å². The maximum absolute atomic E-state index is 12.8. The van der Waals surface area contributed by atoms with Gasteiger partial charge in [0, 0.05) is 54.3 Å². The Morgan fingerprint density at radius 1 is 1.00 bits per heavy atom. The summed E-state index contributed by atoms with van der Waals surface area (Å²) in [6.45, 7) is 5.02. The van der Waals surface area contributed by atoms with Crippen molar-refractivity contribution < 1.29 is 9.21 Å². The fourth-order valence-corrected chi connectivity index (χ4v) is 4.23. The number of hydrogen-bond acceptors (Lipinski definition) is 4. The molecule has 0 saturated carbocycles. The molecule has 2 heterocycles. The molecule has 0 bridgehead atoms. The van der Waals surface area contributed by atoms with Crippen LogP contribution in [-0.4, -0.2) is 37.0 Å². The van der Waals surface area contributed by atoms with Gasteiger partial charge in [-0.2, -0.15) is 0 Å². The van der Waals surface area contributed by atoms with E-state index in [2.05, 4.69) is 27.7 Å². The summed E-state index contributed by atoms with van der Waals surface area (Å²) < 4.78 is 6.23. The predicted molar refractivity (Wildman–Crippen MR) is 136 cm³/mol. The van der Waals surface area contributed by atoms with Crippen molar-refractivity contribution in [3.63, 3.8) is 0 Å². The summed E-state index contributed by atoms with van der Waals surface area (Å²) in [6, 6.07) is 22.8. The molecule has 33 heavy (non-hydrogen) atoms. The van der Waals surface area contributed by atoms with E-state index in [0.717, 1.165) is 55.0 Å². The number of furan rings is 1. The number of para-hydroxylation sites is 1. The van der Waals surface area contributed by atoms with Gasteiger partial charge in [-0.05, 0) is 54.1 Å². The Morgan fingerprint density at radius 2 is 1.76 bits per heavy atom. The molecule has 1 aliphatic rings. The van der Waals surface area contributed by atoms with Crippen LogP contribution < -0.4 is 10.6 Å². The number of anilines is 1. The minimum absolute atomic E-state index is 0. The van der Waals surface area contributed by atoms with Gasteiger partial charge < -0.3 is 15.1 Å². The van der Waals surface area contributed by atoms with Gasteiger partial charge in [0.2, 0.25) is 0 Å². The Hall–Kier alpha value is -2.83. The fourth-order valence-electron chi connectivity index (χ4n) is 4.10. The van der Waals surface area contributed by atoms with Crippen molar-refractivity contribution >= 4 is 46.6 Å². The van der Waals surface area contributed by atoms with Crippen LogP contribution in [0.5, 0.6) is 0 Å². The number of fused-ring (bicyclic) bond motifs is 1. The zero-order valence-electron chi connectivity index (χ0n) is 18.0. The molecule has 1 fully saturated rings. The number of carbonyl (C=O) groups excluding carboxylic acids is 1. The first-order valence-corrected chi connectivity index (χ1v) is 11.2. The van der Waals surface area contributed by atoms with Crippen molar-refractivity contribution in [3.05, 3.63) is 88.9 Å². The smallest absolute Gasteiger partial charge is 0.255 e. The predicted octanol–water partition coefficient (Wildman–Crippen LogP) is 5.83. The molecule has 3 aromatic carbocycles. The van der Waals surface area contributed by atoms with Gasteiger partial charge in [-0.1, -0.05) is 35.9 Å². The first kappa shape index (κ1) is 23.3. The standard InChI is InChI=1S/C26H24ClN3O2.ClH/c27-20-10-8-18(9-11-20)26(31)29-23-6-2-1-5-21(23)25-16-22-19(4-3-7-24(22)32-25)17-30-14-12-28-13-15-30;/h1-11,16,28H,12-15,17H2,(H,29,31);1H. The SMILES string of the molecule is Cl.O=C(Nc1ccccc1-c1cc2c(CN3CCNCC3)cccc2o1)c1ccc(Cl)cc1. The van der Waals surface area contributed by atoms with E-state index >= 15 is 0 Å². The van der Waals surface area contributed by atoms with Crippen LogP contribution in [0.15, 0.2) is 77.2 Å². The van der Waals surface area contributed by atoms with Crippen LogP contribution in [0.1, 0.15) is 15.9 Å². The van der Waals surface area contributed by atoms with Gasteiger partial charge in [-0.15, -0.1) is 12.4 Å². The maximum Gasteiger partial charge on any atom is 0.255 e. The van der Waals surface area contributed by atoms with Crippen molar-refractivity contribution in [2.24, 2.45) is 0 Å². The normalized spacial score (nSPS) is 14.1. The van der Waals surface area contributed by atoms with Crippen molar-refractivity contribution in [1.29, 1.82) is 0 Å². The molecule has 0 atom stereocenters. The minimum atomic E-state index is -0.190. The second-order valence-electron chi connectivity index (χ2n) is 7.97. The molecule has 0 radical (unpaired) electrons. The number of carbonyl (C=O) groups is 1. The topological polar surface area (TPSA) is 57.5 Å². The number of nitrogens with one attached hydrogen (secondary N) is 2. The molecule has 7 heteroatoms. The maximum atomic E-state index is 12.8. The lowest BCUT2D eigenvalue weighted by atomic mass is 10.1. The molecule has 1 amide bonds. The molecule has 0 aliphatic carbocycles. The third kappa shape index (κ3) is 5.23. The lowest BCUT2D eigenvalue weighted by molar-refractivity contribution is 0.102. The Bertz CT molecular complexity index is 1250. The average Bonchev–Trinajstić information content (AvgIpc) is 3.26. The second-order valence-corrected chi connectivity index (χ2v) is 8.41. The number of nitrogens with zero attached hydrogens (tertiary/aromatic N) is 1. The molecule has 4 aromatic rings. The third-order valence-electron chi connectivity index (χ3n) is 5.80. The molecule has 5 nitrogen and oxygen atoms in total. The number of piperazine rings is 1. The first-order chi connectivity index (χ1) is 15.7. The highest BCUT2D eigenvalue weighted by Gasteiger charge is 2.17. The zero-order chi connectivity index (χ0) is 21.9. The van der Waals surface area contributed by atoms with Gasteiger partial charge in [0.05, 0.1) is 5.69 Å². The lowest BCUT2D eigenvalue weighted by Gasteiger charge is -2.27. The third-order valence-corrected chi connectivity index (χ3v) is 6.05. The Kier molecular flexibility index (Phi) is 7.36. The fraction of sp³-hybridized carbons (Fsp3) is 0.192. The summed E-state index contributed by atoms with van der Waals surface area (Å²) in [5, 5.41) is 8.12. The quantitative estimate of drug-likeness (QED) is 0.376. The molecule has 170 valence electrons. The lowest BCUT2D eigenvalue weighted by Crippen LogP contribution is -2.42. The van der Waals surface area contributed by atoms with E-state index in [9.17, 15) is 4.79 Å². The van der Waals surface area contributed by atoms with Gasteiger partial charge in [0.1, 0.15) is 11.3 Å². The van der Waals surface area contributed by atoms with Crippen molar-refractivity contribution in [1.82, 2.24) is 10.2 Å². The Labute approximate surface area is 204 Å². The number of benzene rings is 3. The Balaban J connectivity index is 0.00000259. The van der Waals surface area contributed by atoms with Crippen LogP contribution >= 0.6 is 24.0 Å². The van der Waals surface area contributed by atoms with Crippen LogP contribution in [0.4, 0.5) is 5.69 Å². The number of hydrogen-bond donors (Lipinski definition) is 2. The minimum Gasteiger partial charge on any atom is -0.456 e. The number of halogens is 2. The number of amides is 1. The van der Waals surface area contributed by atoms with E-state index in [1.807, 2.05) is 36.4 Å². The summed E-state index contributed by atoms with van der Waals surface area (Å²) >= 11 is 5.94. The molecule has 2 N–H and O–H groups in total. The molecule has 1 aromatic heterocycles. The van der Waals surface area contributed by atoms with E-state index in [0.29, 0.717) is 16.3 Å².